The fourth-order valence-corrected chi connectivity index (χ4v) is 3.18. The third kappa shape index (κ3) is 3.11. The van der Waals surface area contributed by atoms with E-state index in [4.69, 9.17) is 21.1 Å². The van der Waals surface area contributed by atoms with Crippen LogP contribution in [0.1, 0.15) is 43.0 Å². The van der Waals surface area contributed by atoms with Crippen LogP contribution in [-0.4, -0.2) is 14.2 Å². The van der Waals surface area contributed by atoms with E-state index in [1.54, 1.807) is 14.2 Å². The van der Waals surface area contributed by atoms with Crippen LogP contribution in [0, 0.1) is 5.92 Å². The number of methoxy groups -OCH3 is 2. The lowest BCUT2D eigenvalue weighted by Crippen LogP contribution is -2.02. The summed E-state index contributed by atoms with van der Waals surface area (Å²) in [4.78, 5) is 0. The van der Waals surface area contributed by atoms with Crippen molar-refractivity contribution in [2.75, 3.05) is 14.2 Å². The topological polar surface area (TPSA) is 18.5 Å². The van der Waals surface area contributed by atoms with Crippen LogP contribution in [0.2, 0.25) is 0 Å². The van der Waals surface area contributed by atoms with Gasteiger partial charge in [0.2, 0.25) is 0 Å². The lowest BCUT2D eigenvalue weighted by molar-refractivity contribution is 0.388. The minimum absolute atomic E-state index is 0.0361. The monoisotopic (exact) mass is 268 g/mol. The van der Waals surface area contributed by atoms with Gasteiger partial charge in [0.15, 0.2) is 0 Å². The van der Waals surface area contributed by atoms with Crippen molar-refractivity contribution < 1.29 is 9.47 Å². The highest BCUT2D eigenvalue weighted by Crippen LogP contribution is 2.40. The lowest BCUT2D eigenvalue weighted by atomic mass is 9.97. The van der Waals surface area contributed by atoms with Crippen molar-refractivity contribution in [2.45, 2.75) is 37.5 Å². The van der Waals surface area contributed by atoms with Crippen LogP contribution in [-0.2, 0) is 0 Å². The van der Waals surface area contributed by atoms with Gasteiger partial charge < -0.3 is 9.47 Å². The predicted octanol–water partition coefficient (Wildman–Crippen LogP) is 4.56. The summed E-state index contributed by atoms with van der Waals surface area (Å²) in [6.07, 6.45) is 6.40. The molecule has 0 amide bonds. The van der Waals surface area contributed by atoms with Crippen molar-refractivity contribution >= 4 is 11.6 Å². The Labute approximate surface area is 114 Å². The molecule has 0 N–H and O–H groups in total. The molecule has 1 aliphatic rings. The number of rotatable bonds is 5. The molecular formula is C15H21ClO2. The van der Waals surface area contributed by atoms with E-state index in [0.717, 1.165) is 29.4 Å². The fourth-order valence-electron chi connectivity index (χ4n) is 2.74. The summed E-state index contributed by atoms with van der Waals surface area (Å²) < 4.78 is 10.6. The van der Waals surface area contributed by atoms with Gasteiger partial charge in [0.1, 0.15) is 11.5 Å². The Morgan fingerprint density at radius 2 is 1.94 bits per heavy atom. The first-order valence-corrected chi connectivity index (χ1v) is 7.04. The maximum atomic E-state index is 6.54. The van der Waals surface area contributed by atoms with Crippen molar-refractivity contribution in [2.24, 2.45) is 5.92 Å². The van der Waals surface area contributed by atoms with E-state index >= 15 is 0 Å². The molecule has 100 valence electrons. The van der Waals surface area contributed by atoms with Crippen LogP contribution < -0.4 is 9.47 Å². The predicted molar refractivity (Wildman–Crippen MR) is 74.7 cm³/mol. The first-order chi connectivity index (χ1) is 8.74. The maximum absolute atomic E-state index is 6.54. The molecule has 0 aliphatic heterocycles. The second-order valence-electron chi connectivity index (χ2n) is 4.96. The van der Waals surface area contributed by atoms with E-state index < -0.39 is 0 Å². The lowest BCUT2D eigenvalue weighted by Gasteiger charge is -2.18. The molecule has 0 spiro atoms. The molecule has 18 heavy (non-hydrogen) atoms. The van der Waals surface area contributed by atoms with Crippen molar-refractivity contribution in [3.63, 3.8) is 0 Å². The molecule has 1 fully saturated rings. The average Bonchev–Trinajstić information content (AvgIpc) is 2.90. The summed E-state index contributed by atoms with van der Waals surface area (Å²) in [5, 5.41) is 0.0361. The van der Waals surface area contributed by atoms with Gasteiger partial charge in [0.05, 0.1) is 19.6 Å². The molecule has 1 atom stereocenters. The van der Waals surface area contributed by atoms with Gasteiger partial charge in [-0.25, -0.2) is 0 Å². The second kappa shape index (κ2) is 6.33. The van der Waals surface area contributed by atoms with Crippen LogP contribution in [0.4, 0.5) is 0 Å². The smallest absolute Gasteiger partial charge is 0.127 e. The number of halogens is 1. The van der Waals surface area contributed by atoms with Crippen LogP contribution in [0.25, 0.3) is 0 Å². The van der Waals surface area contributed by atoms with Crippen LogP contribution in [0.15, 0.2) is 18.2 Å². The van der Waals surface area contributed by atoms with Gasteiger partial charge in [0.25, 0.3) is 0 Å². The Kier molecular flexibility index (Phi) is 4.76. The summed E-state index contributed by atoms with van der Waals surface area (Å²) in [7, 11) is 3.34. The minimum atomic E-state index is 0.0361. The molecule has 1 unspecified atom stereocenters. The van der Waals surface area contributed by atoms with Crippen molar-refractivity contribution in [3.05, 3.63) is 23.8 Å². The van der Waals surface area contributed by atoms with E-state index in [-0.39, 0.29) is 5.38 Å². The Bertz CT molecular complexity index is 386. The van der Waals surface area contributed by atoms with Gasteiger partial charge in [-0.05, 0) is 18.4 Å². The zero-order chi connectivity index (χ0) is 13.0. The zero-order valence-corrected chi connectivity index (χ0v) is 11.9. The average molecular weight is 269 g/mol. The molecule has 0 radical (unpaired) electrons. The number of alkyl halides is 1. The molecule has 2 rings (SSSR count). The summed E-state index contributed by atoms with van der Waals surface area (Å²) in [6.45, 7) is 0. The van der Waals surface area contributed by atoms with Gasteiger partial charge in [-0.1, -0.05) is 31.7 Å². The highest BCUT2D eigenvalue weighted by Gasteiger charge is 2.22. The zero-order valence-electron chi connectivity index (χ0n) is 11.1. The summed E-state index contributed by atoms with van der Waals surface area (Å²) in [6, 6.07) is 5.87. The number of ether oxygens (including phenoxy) is 2. The Morgan fingerprint density at radius 3 is 2.56 bits per heavy atom. The standard InChI is InChI=1S/C15H21ClO2/c1-17-12-7-8-13(15(10-12)18-2)14(16)9-11-5-3-4-6-11/h7-8,10-11,14H,3-6,9H2,1-2H3. The second-order valence-corrected chi connectivity index (χ2v) is 5.49. The summed E-state index contributed by atoms with van der Waals surface area (Å²) in [5.74, 6) is 2.41. The summed E-state index contributed by atoms with van der Waals surface area (Å²) in [5.41, 5.74) is 1.08. The Balaban J connectivity index is 2.10. The van der Waals surface area contributed by atoms with E-state index in [0.29, 0.717) is 0 Å². The molecule has 0 aromatic heterocycles. The molecule has 2 nitrogen and oxygen atoms in total. The summed E-state index contributed by atoms with van der Waals surface area (Å²) >= 11 is 6.54. The Hall–Kier alpha value is -0.890. The largest absolute Gasteiger partial charge is 0.497 e. The third-order valence-corrected chi connectivity index (χ3v) is 4.21. The molecule has 1 aromatic rings. The minimum Gasteiger partial charge on any atom is -0.497 e. The molecule has 1 aromatic carbocycles. The van der Waals surface area contributed by atoms with Crippen molar-refractivity contribution in [1.82, 2.24) is 0 Å². The van der Waals surface area contributed by atoms with Crippen LogP contribution in [0.5, 0.6) is 11.5 Å². The molecule has 1 saturated carbocycles. The molecule has 3 heteroatoms. The van der Waals surface area contributed by atoms with Crippen molar-refractivity contribution in [3.8, 4) is 11.5 Å². The first-order valence-electron chi connectivity index (χ1n) is 6.60. The van der Waals surface area contributed by atoms with E-state index in [1.165, 1.54) is 25.7 Å². The van der Waals surface area contributed by atoms with Gasteiger partial charge in [-0.3, -0.25) is 0 Å². The number of hydrogen-bond acceptors (Lipinski definition) is 2. The van der Waals surface area contributed by atoms with Gasteiger partial charge >= 0.3 is 0 Å². The highest BCUT2D eigenvalue weighted by molar-refractivity contribution is 6.21. The van der Waals surface area contributed by atoms with Gasteiger partial charge in [-0.15, -0.1) is 11.6 Å². The van der Waals surface area contributed by atoms with E-state index in [1.807, 2.05) is 18.2 Å². The molecule has 0 saturated heterocycles. The van der Waals surface area contributed by atoms with Gasteiger partial charge in [0, 0.05) is 11.6 Å². The van der Waals surface area contributed by atoms with Crippen LogP contribution >= 0.6 is 11.6 Å². The first kappa shape index (κ1) is 13.5. The number of hydrogen-bond donors (Lipinski definition) is 0. The SMILES string of the molecule is COc1ccc(C(Cl)CC2CCCC2)c(OC)c1. The van der Waals surface area contributed by atoms with E-state index in [2.05, 4.69) is 0 Å². The molecule has 1 aliphatic carbocycles. The van der Waals surface area contributed by atoms with E-state index in [9.17, 15) is 0 Å². The third-order valence-electron chi connectivity index (χ3n) is 3.79. The van der Waals surface area contributed by atoms with Crippen LogP contribution in [0.3, 0.4) is 0 Å². The number of benzene rings is 1. The fraction of sp³-hybridized carbons (Fsp3) is 0.600. The Morgan fingerprint density at radius 1 is 1.22 bits per heavy atom. The highest BCUT2D eigenvalue weighted by atomic mass is 35.5. The molecule has 0 bridgehead atoms. The van der Waals surface area contributed by atoms with Gasteiger partial charge in [-0.2, -0.15) is 0 Å². The maximum Gasteiger partial charge on any atom is 0.127 e. The van der Waals surface area contributed by atoms with Crippen molar-refractivity contribution in [1.29, 1.82) is 0 Å². The molecule has 0 heterocycles. The normalized spacial score (nSPS) is 17.7. The molecular weight excluding hydrogens is 248 g/mol. The quantitative estimate of drug-likeness (QED) is 0.729.